The van der Waals surface area contributed by atoms with Gasteiger partial charge in [0.2, 0.25) is 5.91 Å². The van der Waals surface area contributed by atoms with Crippen LogP contribution in [0.4, 0.5) is 0 Å². The average molecular weight is 340 g/mol. The molecule has 1 fully saturated rings. The van der Waals surface area contributed by atoms with Gasteiger partial charge in [0.15, 0.2) is 0 Å². The standard InChI is InChI=1S/C15H18BrNO3/c1-9(10-2-5-12(16)6-3-10)14(18)17-13-7-4-11(8-13)15(19)20/h2-3,5-6,9,11,13H,4,7-8H2,1H3,(H,17,18)(H,19,20)/t9?,11-,13+/m1/s1. The summed E-state index contributed by atoms with van der Waals surface area (Å²) >= 11 is 3.37. The van der Waals surface area contributed by atoms with E-state index in [4.69, 9.17) is 5.11 Å². The number of rotatable bonds is 4. The summed E-state index contributed by atoms with van der Waals surface area (Å²) in [4.78, 5) is 23.1. The highest BCUT2D eigenvalue weighted by molar-refractivity contribution is 9.10. The van der Waals surface area contributed by atoms with E-state index in [1.165, 1.54) is 0 Å². The second-order valence-electron chi connectivity index (χ2n) is 5.33. The maximum absolute atomic E-state index is 12.2. The van der Waals surface area contributed by atoms with Gasteiger partial charge < -0.3 is 10.4 Å². The van der Waals surface area contributed by atoms with Gasteiger partial charge in [-0.1, -0.05) is 28.1 Å². The maximum Gasteiger partial charge on any atom is 0.306 e. The molecule has 0 aromatic heterocycles. The molecule has 1 saturated carbocycles. The number of carbonyl (C=O) groups excluding carboxylic acids is 1. The van der Waals surface area contributed by atoms with Gasteiger partial charge in [0.25, 0.3) is 0 Å². The Labute approximate surface area is 126 Å². The molecule has 1 aromatic carbocycles. The molecular formula is C15H18BrNO3. The highest BCUT2D eigenvalue weighted by Crippen LogP contribution is 2.26. The quantitative estimate of drug-likeness (QED) is 0.886. The van der Waals surface area contributed by atoms with Crippen LogP contribution < -0.4 is 5.32 Å². The van der Waals surface area contributed by atoms with Crippen LogP contribution in [-0.4, -0.2) is 23.0 Å². The Hall–Kier alpha value is -1.36. The van der Waals surface area contributed by atoms with Crippen molar-refractivity contribution in [1.29, 1.82) is 0 Å². The minimum Gasteiger partial charge on any atom is -0.481 e. The molecule has 2 rings (SSSR count). The van der Waals surface area contributed by atoms with E-state index in [-0.39, 0.29) is 23.8 Å². The lowest BCUT2D eigenvalue weighted by atomic mass is 10.00. The summed E-state index contributed by atoms with van der Waals surface area (Å²) in [5.41, 5.74) is 0.957. The van der Waals surface area contributed by atoms with Crippen LogP contribution in [0.2, 0.25) is 0 Å². The number of carbonyl (C=O) groups is 2. The van der Waals surface area contributed by atoms with E-state index in [1.54, 1.807) is 0 Å². The average Bonchev–Trinajstić information content (AvgIpc) is 2.87. The molecule has 1 aliphatic rings. The van der Waals surface area contributed by atoms with E-state index in [2.05, 4.69) is 21.2 Å². The van der Waals surface area contributed by atoms with Crippen LogP contribution in [0.3, 0.4) is 0 Å². The van der Waals surface area contributed by atoms with Gasteiger partial charge in [-0.05, 0) is 43.9 Å². The molecule has 4 nitrogen and oxygen atoms in total. The van der Waals surface area contributed by atoms with Gasteiger partial charge in [-0.25, -0.2) is 0 Å². The first-order chi connectivity index (χ1) is 9.47. The molecule has 0 spiro atoms. The molecule has 0 saturated heterocycles. The Morgan fingerprint density at radius 3 is 2.50 bits per heavy atom. The Bertz CT molecular complexity index is 500. The Balaban J connectivity index is 1.92. The predicted molar refractivity (Wildman–Crippen MR) is 79.5 cm³/mol. The van der Waals surface area contributed by atoms with Crippen molar-refractivity contribution in [3.05, 3.63) is 34.3 Å². The van der Waals surface area contributed by atoms with Crippen LogP contribution in [-0.2, 0) is 9.59 Å². The third-order valence-corrected chi connectivity index (χ3v) is 4.42. The Kier molecular flexibility index (Phi) is 4.81. The Morgan fingerprint density at radius 1 is 1.30 bits per heavy atom. The molecular weight excluding hydrogens is 322 g/mol. The van der Waals surface area contributed by atoms with Gasteiger partial charge in [-0.2, -0.15) is 0 Å². The van der Waals surface area contributed by atoms with Crippen LogP contribution in [0.1, 0.15) is 37.7 Å². The molecule has 1 aromatic rings. The lowest BCUT2D eigenvalue weighted by Gasteiger charge is -2.17. The smallest absolute Gasteiger partial charge is 0.306 e. The van der Waals surface area contributed by atoms with Crippen LogP contribution in [0.25, 0.3) is 0 Å². The summed E-state index contributed by atoms with van der Waals surface area (Å²) in [7, 11) is 0. The van der Waals surface area contributed by atoms with Gasteiger partial charge in [-0.15, -0.1) is 0 Å². The van der Waals surface area contributed by atoms with Crippen molar-refractivity contribution in [3.63, 3.8) is 0 Å². The number of halogens is 1. The second kappa shape index (κ2) is 6.39. The number of carboxylic acids is 1. The van der Waals surface area contributed by atoms with Crippen molar-refractivity contribution in [2.45, 2.75) is 38.1 Å². The molecule has 3 atom stereocenters. The molecule has 1 unspecified atom stereocenters. The van der Waals surface area contributed by atoms with Gasteiger partial charge in [0.05, 0.1) is 11.8 Å². The third kappa shape index (κ3) is 3.60. The largest absolute Gasteiger partial charge is 0.481 e. The van der Waals surface area contributed by atoms with Crippen LogP contribution in [0, 0.1) is 5.92 Å². The van der Waals surface area contributed by atoms with Crippen LogP contribution in [0.15, 0.2) is 28.7 Å². The molecule has 108 valence electrons. The van der Waals surface area contributed by atoms with E-state index >= 15 is 0 Å². The van der Waals surface area contributed by atoms with E-state index in [9.17, 15) is 9.59 Å². The van der Waals surface area contributed by atoms with Gasteiger partial charge >= 0.3 is 5.97 Å². The second-order valence-corrected chi connectivity index (χ2v) is 6.24. The molecule has 1 amide bonds. The topological polar surface area (TPSA) is 66.4 Å². The van der Waals surface area contributed by atoms with Crippen molar-refractivity contribution in [2.75, 3.05) is 0 Å². The molecule has 0 bridgehead atoms. The minimum absolute atomic E-state index is 0.0125. The summed E-state index contributed by atoms with van der Waals surface area (Å²) in [6.07, 6.45) is 1.93. The molecule has 0 aliphatic heterocycles. The fourth-order valence-electron chi connectivity index (χ4n) is 2.57. The van der Waals surface area contributed by atoms with Crippen molar-refractivity contribution in [2.24, 2.45) is 5.92 Å². The number of benzene rings is 1. The third-order valence-electron chi connectivity index (χ3n) is 3.89. The number of hydrogen-bond acceptors (Lipinski definition) is 2. The zero-order valence-corrected chi connectivity index (χ0v) is 12.9. The Morgan fingerprint density at radius 2 is 1.95 bits per heavy atom. The SMILES string of the molecule is CC(C(=O)N[C@H]1CC[C@@H](C(=O)O)C1)c1ccc(Br)cc1. The first-order valence-electron chi connectivity index (χ1n) is 6.76. The van der Waals surface area contributed by atoms with Crippen LogP contribution in [0.5, 0.6) is 0 Å². The van der Waals surface area contributed by atoms with E-state index in [1.807, 2.05) is 31.2 Å². The highest BCUT2D eigenvalue weighted by Gasteiger charge is 2.31. The fourth-order valence-corrected chi connectivity index (χ4v) is 2.83. The van der Waals surface area contributed by atoms with Gasteiger partial charge in [0, 0.05) is 10.5 Å². The molecule has 1 aliphatic carbocycles. The molecule has 5 heteroatoms. The van der Waals surface area contributed by atoms with E-state index in [0.717, 1.165) is 16.5 Å². The lowest BCUT2D eigenvalue weighted by molar-refractivity contribution is -0.141. The fraction of sp³-hybridized carbons (Fsp3) is 0.467. The van der Waals surface area contributed by atoms with Crippen molar-refractivity contribution >= 4 is 27.8 Å². The normalized spacial score (nSPS) is 23.3. The first-order valence-corrected chi connectivity index (χ1v) is 7.55. The van der Waals surface area contributed by atoms with Crippen molar-refractivity contribution < 1.29 is 14.7 Å². The molecule has 20 heavy (non-hydrogen) atoms. The number of nitrogens with one attached hydrogen (secondary N) is 1. The number of aliphatic carboxylic acids is 1. The van der Waals surface area contributed by atoms with Crippen molar-refractivity contribution in [3.8, 4) is 0 Å². The van der Waals surface area contributed by atoms with E-state index < -0.39 is 5.97 Å². The number of amides is 1. The first kappa shape index (κ1) is 15.0. The summed E-state index contributed by atoms with van der Waals surface area (Å²) in [5.74, 6) is -1.35. The predicted octanol–water partition coefficient (Wildman–Crippen LogP) is 2.92. The number of carboxylic acid groups (broad SMARTS) is 1. The monoisotopic (exact) mass is 339 g/mol. The summed E-state index contributed by atoms with van der Waals surface area (Å²) < 4.78 is 0.981. The summed E-state index contributed by atoms with van der Waals surface area (Å²) in [5, 5.41) is 11.9. The molecule has 0 radical (unpaired) electrons. The van der Waals surface area contributed by atoms with Gasteiger partial charge in [-0.3, -0.25) is 9.59 Å². The minimum atomic E-state index is -0.761. The number of hydrogen-bond donors (Lipinski definition) is 2. The van der Waals surface area contributed by atoms with Crippen molar-refractivity contribution in [1.82, 2.24) is 5.32 Å². The summed E-state index contributed by atoms with van der Waals surface area (Å²) in [6.45, 7) is 1.86. The molecule has 2 N–H and O–H groups in total. The zero-order valence-electron chi connectivity index (χ0n) is 11.3. The maximum atomic E-state index is 12.2. The van der Waals surface area contributed by atoms with E-state index in [0.29, 0.717) is 12.8 Å². The van der Waals surface area contributed by atoms with Gasteiger partial charge in [0.1, 0.15) is 0 Å². The lowest BCUT2D eigenvalue weighted by Crippen LogP contribution is -2.36. The highest BCUT2D eigenvalue weighted by atomic mass is 79.9. The molecule has 0 heterocycles. The summed E-state index contributed by atoms with van der Waals surface area (Å²) in [6, 6.07) is 7.65. The zero-order chi connectivity index (χ0) is 14.7. The van der Waals surface area contributed by atoms with Crippen LogP contribution >= 0.6 is 15.9 Å².